The van der Waals surface area contributed by atoms with Gasteiger partial charge in [0.25, 0.3) is 0 Å². The van der Waals surface area contributed by atoms with Crippen LogP contribution in [0, 0.1) is 0 Å². The van der Waals surface area contributed by atoms with Crippen LogP contribution in [-0.2, 0) is 17.1 Å². The topological polar surface area (TPSA) is 111 Å². The summed E-state index contributed by atoms with van der Waals surface area (Å²) in [7, 11) is 0. The Kier molecular flexibility index (Phi) is 11.5. The van der Waals surface area contributed by atoms with Gasteiger partial charge in [0.15, 0.2) is 0 Å². The van der Waals surface area contributed by atoms with Crippen LogP contribution >= 0.6 is 0 Å². The fraction of sp³-hybridized carbons (Fsp3) is 0.278. The second-order valence-corrected chi connectivity index (χ2v) is 5.41. The van der Waals surface area contributed by atoms with E-state index in [-0.39, 0.29) is 46.7 Å². The standard InChI is InChI=1S/C18H22N2O4.ClH.Fe/c21-15-3-5-17(23)13(9-15)11-19-7-1-2-8-20-12-14-10-16(22)4-6-18(14)24;;/h3-6,9-12,17,19,21-24H,1-2,7-8H2;1H;/q;;+3/p-3/b13-11-,20-12?;;. The van der Waals surface area contributed by atoms with Gasteiger partial charge in [0.1, 0.15) is 5.76 Å². The molecule has 2 rings (SSSR count). The van der Waals surface area contributed by atoms with Crippen LogP contribution < -0.4 is 27.9 Å². The van der Waals surface area contributed by atoms with Crippen molar-refractivity contribution in [3.8, 4) is 11.5 Å². The summed E-state index contributed by atoms with van der Waals surface area (Å²) in [4.78, 5) is 4.15. The van der Waals surface area contributed by atoms with Crippen LogP contribution in [0.2, 0.25) is 0 Å². The van der Waals surface area contributed by atoms with Gasteiger partial charge < -0.3 is 38.1 Å². The maximum atomic E-state index is 11.5. The number of halogens is 1. The normalized spacial score (nSPS) is 17.5. The van der Waals surface area contributed by atoms with E-state index in [1.54, 1.807) is 6.20 Å². The third-order valence-electron chi connectivity index (χ3n) is 3.44. The van der Waals surface area contributed by atoms with Gasteiger partial charge in [-0.15, -0.1) is 11.5 Å². The summed E-state index contributed by atoms with van der Waals surface area (Å²) in [5.74, 6) is -0.293. The quantitative estimate of drug-likeness (QED) is 0.266. The number of nitrogens with one attached hydrogen (secondary N) is 1. The molecule has 0 aromatic heterocycles. The van der Waals surface area contributed by atoms with Crippen LogP contribution in [0.3, 0.4) is 0 Å². The van der Waals surface area contributed by atoms with Crippen LogP contribution in [0.5, 0.6) is 11.5 Å². The van der Waals surface area contributed by atoms with E-state index in [9.17, 15) is 20.4 Å². The number of hydrogen-bond acceptors (Lipinski definition) is 6. The number of hydrogen-bond donors (Lipinski definition) is 3. The number of aliphatic hydroxyl groups excluding tert-OH is 2. The van der Waals surface area contributed by atoms with Crippen LogP contribution in [0.4, 0.5) is 0 Å². The van der Waals surface area contributed by atoms with Gasteiger partial charge in [0.05, 0.1) is 6.10 Å². The molecule has 0 saturated heterocycles. The molecule has 1 atom stereocenters. The third kappa shape index (κ3) is 7.97. The molecule has 0 spiro atoms. The molecule has 141 valence electrons. The number of aliphatic hydroxyl groups is 2. The van der Waals surface area contributed by atoms with E-state index in [0.717, 1.165) is 12.8 Å². The van der Waals surface area contributed by atoms with E-state index in [4.69, 9.17) is 0 Å². The van der Waals surface area contributed by atoms with Crippen LogP contribution in [-0.4, -0.2) is 35.6 Å². The van der Waals surface area contributed by atoms with Gasteiger partial charge in [-0.05, 0) is 36.6 Å². The van der Waals surface area contributed by atoms with Gasteiger partial charge in [0, 0.05) is 31.1 Å². The molecule has 0 aliphatic heterocycles. The maximum absolute atomic E-state index is 11.5. The largest absolute Gasteiger partial charge is 3.00 e. The fourth-order valence-electron chi connectivity index (χ4n) is 2.14. The molecule has 1 unspecified atom stereocenters. The third-order valence-corrected chi connectivity index (χ3v) is 3.44. The zero-order valence-electron chi connectivity index (χ0n) is 13.9. The van der Waals surface area contributed by atoms with E-state index in [1.165, 1.54) is 42.6 Å². The van der Waals surface area contributed by atoms with Gasteiger partial charge >= 0.3 is 17.1 Å². The molecule has 0 saturated carbocycles. The van der Waals surface area contributed by atoms with Gasteiger partial charge in [-0.2, -0.15) is 0 Å². The van der Waals surface area contributed by atoms with E-state index in [0.29, 0.717) is 24.2 Å². The minimum atomic E-state index is -0.712. The average Bonchev–Trinajstić information content (AvgIpc) is 2.56. The molecular weight excluding hydrogens is 400 g/mol. The Morgan fingerprint density at radius 1 is 1.23 bits per heavy atom. The Morgan fingerprint density at radius 3 is 2.77 bits per heavy atom. The van der Waals surface area contributed by atoms with Gasteiger partial charge in [-0.3, -0.25) is 4.99 Å². The first-order valence-corrected chi connectivity index (χ1v) is 7.74. The first-order chi connectivity index (χ1) is 11.6. The van der Waals surface area contributed by atoms with Gasteiger partial charge in [-0.25, -0.2) is 0 Å². The van der Waals surface area contributed by atoms with Crippen molar-refractivity contribution >= 4 is 6.21 Å². The first kappa shape index (κ1) is 24.1. The minimum Gasteiger partial charge on any atom is -1.00 e. The summed E-state index contributed by atoms with van der Waals surface area (Å²) in [6.45, 7) is 1.26. The Hall–Kier alpha value is -1.92. The van der Waals surface area contributed by atoms with Crippen molar-refractivity contribution in [2.45, 2.75) is 18.9 Å². The maximum Gasteiger partial charge on any atom is 3.00 e. The Labute approximate surface area is 169 Å². The van der Waals surface area contributed by atoms with Gasteiger partial charge in [0.2, 0.25) is 0 Å². The molecule has 6 nitrogen and oxygen atoms in total. The molecule has 1 aliphatic carbocycles. The summed E-state index contributed by atoms with van der Waals surface area (Å²) < 4.78 is 0. The Bertz CT molecular complexity index is 690. The smallest absolute Gasteiger partial charge is 1.00 e. The molecule has 0 bridgehead atoms. The van der Waals surface area contributed by atoms with Crippen molar-refractivity contribution in [1.82, 2.24) is 5.32 Å². The van der Waals surface area contributed by atoms with E-state index < -0.39 is 6.10 Å². The summed E-state index contributed by atoms with van der Waals surface area (Å²) in [5, 5.41) is 44.8. The summed E-state index contributed by atoms with van der Waals surface area (Å²) in [5.41, 5.74) is 0.921. The monoisotopic (exact) mass is 419 g/mol. The average molecular weight is 420 g/mol. The number of aliphatic imine (C=N–C) groups is 1. The molecular formula is C18H20ClFeN2O4. The molecule has 1 aliphatic rings. The molecule has 0 fully saturated rings. The van der Waals surface area contributed by atoms with Crippen LogP contribution in [0.25, 0.3) is 0 Å². The van der Waals surface area contributed by atoms with Crippen molar-refractivity contribution < 1.29 is 49.9 Å². The molecule has 1 aromatic rings. The number of nitrogens with zero attached hydrogens (tertiary/aromatic N) is 1. The molecule has 1 radical (unpaired) electrons. The first-order valence-electron chi connectivity index (χ1n) is 7.74. The van der Waals surface area contributed by atoms with Crippen molar-refractivity contribution in [2.24, 2.45) is 4.99 Å². The minimum absolute atomic E-state index is 0. The predicted molar refractivity (Wildman–Crippen MR) is 89.0 cm³/mol. The zero-order valence-corrected chi connectivity index (χ0v) is 15.8. The Morgan fingerprint density at radius 2 is 2.00 bits per heavy atom. The number of unbranched alkanes of at least 4 members (excludes halogenated alkanes) is 1. The number of rotatable bonds is 7. The van der Waals surface area contributed by atoms with Gasteiger partial charge in [-0.1, -0.05) is 18.2 Å². The van der Waals surface area contributed by atoms with Crippen molar-refractivity contribution in [3.63, 3.8) is 0 Å². The second kappa shape index (κ2) is 12.4. The van der Waals surface area contributed by atoms with E-state index in [2.05, 4.69) is 10.3 Å². The Balaban J connectivity index is 0.00000312. The molecule has 8 heteroatoms. The van der Waals surface area contributed by atoms with Crippen LogP contribution in [0.1, 0.15) is 18.4 Å². The molecule has 26 heavy (non-hydrogen) atoms. The van der Waals surface area contributed by atoms with Crippen LogP contribution in [0.15, 0.2) is 59.0 Å². The molecule has 1 aromatic carbocycles. The van der Waals surface area contributed by atoms with Crippen molar-refractivity contribution in [3.05, 3.63) is 59.5 Å². The molecule has 0 heterocycles. The van der Waals surface area contributed by atoms with Crippen molar-refractivity contribution in [1.29, 1.82) is 0 Å². The fourth-order valence-corrected chi connectivity index (χ4v) is 2.14. The number of allylic oxidation sites excluding steroid dienone is 1. The predicted octanol–water partition coefficient (Wildman–Crippen LogP) is -2.12. The second-order valence-electron chi connectivity index (χ2n) is 5.41. The summed E-state index contributed by atoms with van der Waals surface area (Å²) >= 11 is 0. The molecule has 3 N–H and O–H groups in total. The summed E-state index contributed by atoms with van der Waals surface area (Å²) in [6, 6.07) is 3.78. The number of benzene rings is 1. The van der Waals surface area contributed by atoms with E-state index >= 15 is 0 Å². The van der Waals surface area contributed by atoms with Crippen molar-refractivity contribution in [2.75, 3.05) is 13.1 Å². The zero-order chi connectivity index (χ0) is 17.4. The SMILES string of the molecule is [Cl-].[Fe+3].[O-]c1ccc([O-])c(C=NCCCCN/C=C2/C=C(O)C=CC2O)c1. The van der Waals surface area contributed by atoms with E-state index in [1.807, 2.05) is 0 Å². The molecule has 0 amide bonds. The summed E-state index contributed by atoms with van der Waals surface area (Å²) in [6.07, 6.45) is 8.56.